The fraction of sp³-hybridized carbons (Fsp3) is 0.526. The lowest BCUT2D eigenvalue weighted by Crippen LogP contribution is -2.28. The highest BCUT2D eigenvalue weighted by Crippen LogP contribution is 2.15. The van der Waals surface area contributed by atoms with Crippen LogP contribution in [-0.2, 0) is 34.8 Å². The molecule has 0 saturated heterocycles. The second-order valence-corrected chi connectivity index (χ2v) is 7.29. The Morgan fingerprint density at radius 1 is 1.31 bits per heavy atom. The summed E-state index contributed by atoms with van der Waals surface area (Å²) in [6.45, 7) is 4.48. The first-order valence-electron chi connectivity index (χ1n) is 9.30. The molecule has 0 aliphatic carbocycles. The molecule has 0 aliphatic rings. The number of nitrogens with one attached hydrogen (secondary N) is 1. The molecule has 1 aromatic carbocycles. The minimum absolute atomic E-state index is 0.0148. The number of ether oxygens (including phenoxy) is 2. The van der Waals surface area contributed by atoms with E-state index in [9.17, 15) is 13.2 Å². The maximum atomic E-state index is 11.6. The molecule has 1 aromatic rings. The number of carbonyl (C=O) groups excluding carboxylic acids is 1. The number of aliphatic hydroxyl groups excluding tert-OH is 1. The molecular weight excluding hydrogens is 402 g/mol. The van der Waals surface area contributed by atoms with Gasteiger partial charge in [0.2, 0.25) is 0 Å². The summed E-state index contributed by atoms with van der Waals surface area (Å²) in [5.41, 5.74) is 3.22. The number of aryl methyl sites for hydroxylation is 1. The summed E-state index contributed by atoms with van der Waals surface area (Å²) in [7, 11) is -4.36. The number of aliphatic hydroxyl groups is 1. The number of allylic oxidation sites excluding steroid dienone is 1. The van der Waals surface area contributed by atoms with Gasteiger partial charge >= 0.3 is 10.4 Å². The number of hydroxylamine groups is 1. The summed E-state index contributed by atoms with van der Waals surface area (Å²) in [6, 6.07) is 7.61. The van der Waals surface area contributed by atoms with Crippen LogP contribution in [0.4, 0.5) is 0 Å². The van der Waals surface area contributed by atoms with Crippen LogP contribution in [0.15, 0.2) is 36.9 Å². The van der Waals surface area contributed by atoms with Crippen LogP contribution in [0, 0.1) is 0 Å². The molecule has 0 fully saturated rings. The van der Waals surface area contributed by atoms with Gasteiger partial charge in [-0.25, -0.2) is 4.18 Å². The normalized spacial score (nSPS) is 12.5. The molecule has 0 saturated carbocycles. The molecule has 0 spiro atoms. The second-order valence-electron chi connectivity index (χ2n) is 6.07. The van der Waals surface area contributed by atoms with E-state index < -0.39 is 23.3 Å². The number of hydrogen-bond acceptors (Lipinski definition) is 9. The maximum Gasteiger partial charge on any atom is 0.418 e. The first kappa shape index (κ1) is 25.2. The first-order valence-corrected chi connectivity index (χ1v) is 10.6. The van der Waals surface area contributed by atoms with Gasteiger partial charge in [-0.2, -0.15) is 18.2 Å². The third-order valence-corrected chi connectivity index (χ3v) is 4.41. The van der Waals surface area contributed by atoms with Crippen LogP contribution in [0.3, 0.4) is 0 Å². The van der Waals surface area contributed by atoms with Gasteiger partial charge in [-0.3, -0.25) is 4.79 Å². The van der Waals surface area contributed by atoms with E-state index in [1.54, 1.807) is 0 Å². The average Bonchev–Trinajstić information content (AvgIpc) is 2.71. The van der Waals surface area contributed by atoms with Gasteiger partial charge in [-0.05, 0) is 36.6 Å². The van der Waals surface area contributed by atoms with Gasteiger partial charge in [0, 0.05) is 13.0 Å². The largest absolute Gasteiger partial charge is 0.491 e. The molecule has 1 atom stereocenters. The number of ketones is 1. The van der Waals surface area contributed by atoms with Crippen LogP contribution >= 0.6 is 0 Å². The van der Waals surface area contributed by atoms with Crippen LogP contribution in [-0.4, -0.2) is 52.0 Å². The van der Waals surface area contributed by atoms with E-state index in [2.05, 4.69) is 22.0 Å². The molecule has 1 unspecified atom stereocenters. The van der Waals surface area contributed by atoms with Crippen LogP contribution < -0.4 is 10.2 Å². The smallest absolute Gasteiger partial charge is 0.418 e. The number of benzene rings is 1. The maximum absolute atomic E-state index is 11.6. The van der Waals surface area contributed by atoms with Crippen molar-refractivity contribution >= 4 is 16.2 Å². The average molecular weight is 432 g/mol. The molecule has 0 aliphatic heterocycles. The summed E-state index contributed by atoms with van der Waals surface area (Å²) in [5, 5.41) is 8.57. The lowest BCUT2D eigenvalue weighted by molar-refractivity contribution is -0.120. The Morgan fingerprint density at radius 3 is 2.66 bits per heavy atom. The molecule has 9 nitrogen and oxygen atoms in total. The van der Waals surface area contributed by atoms with Gasteiger partial charge < -0.3 is 14.6 Å². The molecule has 0 amide bonds. The Morgan fingerprint density at radius 2 is 2.03 bits per heavy atom. The minimum Gasteiger partial charge on any atom is -0.491 e. The van der Waals surface area contributed by atoms with Crippen molar-refractivity contribution in [1.82, 2.24) is 5.48 Å². The van der Waals surface area contributed by atoms with Crippen LogP contribution in [0.2, 0.25) is 0 Å². The van der Waals surface area contributed by atoms with Crippen molar-refractivity contribution in [3.8, 4) is 5.75 Å². The van der Waals surface area contributed by atoms with Gasteiger partial charge in [-0.1, -0.05) is 32.1 Å². The van der Waals surface area contributed by atoms with Crippen molar-refractivity contribution < 1.29 is 36.3 Å². The lowest BCUT2D eigenvalue weighted by Gasteiger charge is -2.17. The quantitative estimate of drug-likeness (QED) is 0.164. The van der Waals surface area contributed by atoms with Crippen molar-refractivity contribution in [3.05, 3.63) is 42.5 Å². The molecule has 0 aromatic heterocycles. The standard InChI is InChI=1S/C19H29NO8S/c1-3-5-6-16-7-9-18(10-8-16)25-14-19(13-17(22)4-2)26-15-27-29(23,24)28-20-11-12-21/h4,7-10,19-21H,2-3,5-6,11-15H2,1H3. The zero-order valence-electron chi connectivity index (χ0n) is 16.5. The van der Waals surface area contributed by atoms with E-state index in [-0.39, 0.29) is 32.0 Å². The highest BCUT2D eigenvalue weighted by atomic mass is 32.3. The van der Waals surface area contributed by atoms with Gasteiger partial charge in [0.05, 0.1) is 6.61 Å². The van der Waals surface area contributed by atoms with Gasteiger partial charge in [0.15, 0.2) is 12.6 Å². The minimum atomic E-state index is -4.36. The van der Waals surface area contributed by atoms with Gasteiger partial charge in [0.1, 0.15) is 18.5 Å². The SMILES string of the molecule is C=CC(=O)CC(COc1ccc(CCCC)cc1)OCOS(=O)(=O)ONCCO. The molecule has 2 N–H and O–H groups in total. The van der Waals surface area contributed by atoms with E-state index in [0.717, 1.165) is 25.3 Å². The highest BCUT2D eigenvalue weighted by Gasteiger charge is 2.18. The van der Waals surface area contributed by atoms with Crippen LogP contribution in [0.1, 0.15) is 31.7 Å². The summed E-state index contributed by atoms with van der Waals surface area (Å²) >= 11 is 0. The summed E-state index contributed by atoms with van der Waals surface area (Å²) < 4.78 is 42.7. The lowest BCUT2D eigenvalue weighted by atomic mass is 10.1. The number of rotatable bonds is 17. The van der Waals surface area contributed by atoms with Crippen molar-refractivity contribution in [1.29, 1.82) is 0 Å². The van der Waals surface area contributed by atoms with E-state index >= 15 is 0 Å². The topological polar surface area (TPSA) is 120 Å². The Kier molecular flexibility index (Phi) is 12.4. The third kappa shape index (κ3) is 11.7. The van der Waals surface area contributed by atoms with Gasteiger partial charge in [-0.15, -0.1) is 0 Å². The zero-order valence-corrected chi connectivity index (χ0v) is 17.4. The molecular formula is C19H29NO8S. The Bertz CT molecular complexity index is 705. The molecule has 29 heavy (non-hydrogen) atoms. The molecule has 0 heterocycles. The Labute approximate surface area is 171 Å². The van der Waals surface area contributed by atoms with Crippen molar-refractivity contribution in [3.63, 3.8) is 0 Å². The zero-order chi connectivity index (χ0) is 21.5. The molecule has 0 radical (unpaired) electrons. The fourth-order valence-corrected chi connectivity index (χ4v) is 2.61. The molecule has 10 heteroatoms. The molecule has 1 rings (SSSR count). The van der Waals surface area contributed by atoms with Crippen LogP contribution in [0.5, 0.6) is 5.75 Å². The fourth-order valence-electron chi connectivity index (χ4n) is 2.16. The summed E-state index contributed by atoms with van der Waals surface area (Å²) in [4.78, 5) is 11.6. The first-order chi connectivity index (χ1) is 13.9. The summed E-state index contributed by atoms with van der Waals surface area (Å²) in [5.74, 6) is 0.326. The number of carbonyl (C=O) groups is 1. The number of hydrogen-bond donors (Lipinski definition) is 2. The number of unbranched alkanes of at least 4 members (excludes halogenated alkanes) is 1. The Balaban J connectivity index is 2.53. The highest BCUT2D eigenvalue weighted by molar-refractivity contribution is 7.81. The summed E-state index contributed by atoms with van der Waals surface area (Å²) in [6.07, 6.45) is 3.58. The predicted octanol–water partition coefficient (Wildman–Crippen LogP) is 1.67. The van der Waals surface area contributed by atoms with Gasteiger partial charge in [0.25, 0.3) is 0 Å². The second kappa shape index (κ2) is 14.2. The molecule has 0 bridgehead atoms. The van der Waals surface area contributed by atoms with E-state index in [4.69, 9.17) is 14.6 Å². The van der Waals surface area contributed by atoms with E-state index in [1.807, 2.05) is 29.7 Å². The van der Waals surface area contributed by atoms with Crippen molar-refractivity contribution in [2.45, 2.75) is 38.7 Å². The predicted molar refractivity (Wildman–Crippen MR) is 106 cm³/mol. The van der Waals surface area contributed by atoms with E-state index in [0.29, 0.717) is 5.75 Å². The monoisotopic (exact) mass is 431 g/mol. The van der Waals surface area contributed by atoms with E-state index in [1.165, 1.54) is 5.56 Å². The molecule has 164 valence electrons. The van der Waals surface area contributed by atoms with Crippen molar-refractivity contribution in [2.75, 3.05) is 26.6 Å². The third-order valence-electron chi connectivity index (χ3n) is 3.71. The van der Waals surface area contributed by atoms with Crippen molar-refractivity contribution in [2.24, 2.45) is 0 Å². The Hall–Kier alpha value is -1.82. The van der Waals surface area contributed by atoms with Crippen LogP contribution in [0.25, 0.3) is 0 Å².